The molecule has 1 aromatic carbocycles. The minimum absolute atomic E-state index is 0.0491. The highest BCUT2D eigenvalue weighted by Gasteiger charge is 2.20. The van der Waals surface area contributed by atoms with Gasteiger partial charge in [0.25, 0.3) is 5.91 Å². The molecule has 2 aliphatic rings. The first-order valence-corrected chi connectivity index (χ1v) is 13.2. The van der Waals surface area contributed by atoms with Crippen LogP contribution in [0.3, 0.4) is 0 Å². The third-order valence-electron chi connectivity index (χ3n) is 6.70. The van der Waals surface area contributed by atoms with Crippen LogP contribution in [0.15, 0.2) is 18.2 Å². The molecule has 0 radical (unpaired) electrons. The molecule has 2 aliphatic heterocycles. The van der Waals surface area contributed by atoms with E-state index in [1.165, 1.54) is 19.3 Å². The number of carbonyl (C=O) groups is 2. The molecule has 0 unspecified atom stereocenters. The quantitative estimate of drug-likeness (QED) is 0.686. The van der Waals surface area contributed by atoms with Crippen molar-refractivity contribution >= 4 is 17.5 Å². The van der Waals surface area contributed by atoms with Gasteiger partial charge in [0.05, 0.1) is 13.2 Å². The highest BCUT2D eigenvalue weighted by Crippen LogP contribution is 2.26. The van der Waals surface area contributed by atoms with Crippen molar-refractivity contribution in [1.82, 2.24) is 15.1 Å². The van der Waals surface area contributed by atoms with E-state index >= 15 is 0 Å². The molecule has 0 atom stereocenters. The molecule has 1 aromatic rings. The molecule has 3 rings (SSSR count). The van der Waals surface area contributed by atoms with Crippen molar-refractivity contribution in [2.45, 2.75) is 59.4 Å². The molecule has 0 aromatic heterocycles. The average molecular weight is 473 g/mol. The predicted molar refractivity (Wildman–Crippen MR) is 137 cm³/mol. The van der Waals surface area contributed by atoms with Crippen LogP contribution in [-0.4, -0.2) is 80.6 Å². The maximum Gasteiger partial charge on any atom is 0.251 e. The first-order chi connectivity index (χ1) is 16.4. The van der Waals surface area contributed by atoms with E-state index in [4.69, 9.17) is 4.74 Å². The maximum atomic E-state index is 13.0. The fourth-order valence-corrected chi connectivity index (χ4v) is 4.95. The second-order valence-electron chi connectivity index (χ2n) is 10.1. The zero-order valence-corrected chi connectivity index (χ0v) is 21.5. The second kappa shape index (κ2) is 13.8. The Hall–Kier alpha value is -1.96. The van der Waals surface area contributed by atoms with Gasteiger partial charge in [-0.1, -0.05) is 33.1 Å². The van der Waals surface area contributed by atoms with Gasteiger partial charge in [0, 0.05) is 64.0 Å². The molecule has 1 saturated heterocycles. The summed E-state index contributed by atoms with van der Waals surface area (Å²) in [6.45, 7) is 14.5. The Labute approximate surface area is 205 Å². The van der Waals surface area contributed by atoms with E-state index in [-0.39, 0.29) is 11.8 Å². The summed E-state index contributed by atoms with van der Waals surface area (Å²) >= 11 is 0. The Kier molecular flexibility index (Phi) is 10.8. The number of morpholine rings is 1. The Morgan fingerprint density at radius 1 is 0.971 bits per heavy atom. The third-order valence-corrected chi connectivity index (χ3v) is 6.70. The molecule has 0 aliphatic carbocycles. The molecule has 0 bridgehead atoms. The van der Waals surface area contributed by atoms with Crippen LogP contribution in [-0.2, 0) is 16.1 Å². The Morgan fingerprint density at radius 2 is 1.68 bits per heavy atom. The fraction of sp³-hybridized carbons (Fsp3) is 0.704. The van der Waals surface area contributed by atoms with Gasteiger partial charge in [-0.05, 0) is 49.1 Å². The van der Waals surface area contributed by atoms with Crippen LogP contribution in [0.5, 0.6) is 0 Å². The molecule has 2 heterocycles. The number of nitrogens with one attached hydrogen (secondary N) is 1. The lowest BCUT2D eigenvalue weighted by Gasteiger charge is -2.30. The Morgan fingerprint density at radius 3 is 2.38 bits per heavy atom. The molecule has 2 amide bonds. The number of carbonyl (C=O) groups excluding carboxylic acids is 2. The number of amides is 2. The standard InChI is InChI=1S/C27H44N4O3/c1-22(2)20-30-12-7-5-4-6-8-13-31(23(3)32)26-10-9-24(19-25(26)21-30)27(33)28-11-14-29-15-17-34-18-16-29/h9-10,19,22H,4-8,11-18,20-21H2,1-3H3,(H,28,33). The highest BCUT2D eigenvalue weighted by atomic mass is 16.5. The molecule has 7 nitrogen and oxygen atoms in total. The van der Waals surface area contributed by atoms with Crippen molar-refractivity contribution < 1.29 is 14.3 Å². The van der Waals surface area contributed by atoms with Crippen LogP contribution in [0.2, 0.25) is 0 Å². The summed E-state index contributed by atoms with van der Waals surface area (Å²) in [4.78, 5) is 32.3. The molecule has 190 valence electrons. The van der Waals surface area contributed by atoms with Gasteiger partial charge in [0.2, 0.25) is 5.91 Å². The van der Waals surface area contributed by atoms with E-state index in [1.807, 2.05) is 23.1 Å². The second-order valence-corrected chi connectivity index (χ2v) is 10.1. The van der Waals surface area contributed by atoms with E-state index in [0.717, 1.165) is 83.1 Å². The van der Waals surface area contributed by atoms with E-state index in [1.54, 1.807) is 6.92 Å². The van der Waals surface area contributed by atoms with Gasteiger partial charge in [0.15, 0.2) is 0 Å². The van der Waals surface area contributed by atoms with Crippen molar-refractivity contribution in [3.63, 3.8) is 0 Å². The number of rotatable bonds is 6. The van der Waals surface area contributed by atoms with Crippen LogP contribution in [0.1, 0.15) is 68.8 Å². The van der Waals surface area contributed by atoms with Crippen molar-refractivity contribution in [3.05, 3.63) is 29.3 Å². The Balaban J connectivity index is 1.78. The van der Waals surface area contributed by atoms with Crippen LogP contribution in [0.4, 0.5) is 5.69 Å². The van der Waals surface area contributed by atoms with E-state index < -0.39 is 0 Å². The summed E-state index contributed by atoms with van der Waals surface area (Å²) < 4.78 is 5.40. The van der Waals surface area contributed by atoms with Crippen LogP contribution in [0, 0.1) is 5.92 Å². The van der Waals surface area contributed by atoms with Gasteiger partial charge in [-0.2, -0.15) is 0 Å². The number of benzene rings is 1. The lowest BCUT2D eigenvalue weighted by Crippen LogP contribution is -2.41. The van der Waals surface area contributed by atoms with Gasteiger partial charge in [-0.3, -0.25) is 19.4 Å². The van der Waals surface area contributed by atoms with Crippen LogP contribution < -0.4 is 10.2 Å². The molecule has 0 saturated carbocycles. The Bertz CT molecular complexity index is 792. The van der Waals surface area contributed by atoms with Gasteiger partial charge in [0.1, 0.15) is 0 Å². The number of hydrogen-bond donors (Lipinski definition) is 1. The van der Waals surface area contributed by atoms with Gasteiger partial charge >= 0.3 is 0 Å². The molecular weight excluding hydrogens is 428 g/mol. The predicted octanol–water partition coefficient (Wildman–Crippen LogP) is 3.52. The molecule has 34 heavy (non-hydrogen) atoms. The SMILES string of the molecule is CC(=O)N1CCCCCCCN(CC(C)C)Cc2cc(C(=O)NCCN3CCOCC3)ccc21. The average Bonchev–Trinajstić information content (AvgIpc) is 2.80. The lowest BCUT2D eigenvalue weighted by molar-refractivity contribution is -0.116. The zero-order chi connectivity index (χ0) is 24.3. The number of fused-ring (bicyclic) bond motifs is 1. The number of ether oxygens (including phenoxy) is 1. The maximum absolute atomic E-state index is 13.0. The summed E-state index contributed by atoms with van der Waals surface area (Å²) in [6.07, 6.45) is 5.80. The summed E-state index contributed by atoms with van der Waals surface area (Å²) in [5, 5.41) is 3.08. The minimum atomic E-state index is -0.0491. The number of anilines is 1. The first-order valence-electron chi connectivity index (χ1n) is 13.2. The van der Waals surface area contributed by atoms with E-state index in [2.05, 4.69) is 29.0 Å². The van der Waals surface area contributed by atoms with Gasteiger partial charge < -0.3 is 15.0 Å². The third kappa shape index (κ3) is 8.36. The molecule has 7 heteroatoms. The van der Waals surface area contributed by atoms with Crippen molar-refractivity contribution in [2.24, 2.45) is 5.92 Å². The molecule has 1 fully saturated rings. The highest BCUT2D eigenvalue weighted by molar-refractivity contribution is 5.97. The molecular formula is C27H44N4O3. The van der Waals surface area contributed by atoms with Crippen molar-refractivity contribution in [3.8, 4) is 0 Å². The number of nitrogens with zero attached hydrogens (tertiary/aromatic N) is 3. The van der Waals surface area contributed by atoms with Crippen LogP contribution >= 0.6 is 0 Å². The minimum Gasteiger partial charge on any atom is -0.379 e. The topological polar surface area (TPSA) is 65.1 Å². The summed E-state index contributed by atoms with van der Waals surface area (Å²) in [5.74, 6) is 0.579. The van der Waals surface area contributed by atoms with E-state index in [0.29, 0.717) is 18.0 Å². The normalized spacial score (nSPS) is 19.2. The summed E-state index contributed by atoms with van der Waals surface area (Å²) in [5.41, 5.74) is 2.68. The lowest BCUT2D eigenvalue weighted by atomic mass is 10.0. The first kappa shape index (κ1) is 26.6. The van der Waals surface area contributed by atoms with Crippen molar-refractivity contribution in [2.75, 3.05) is 63.9 Å². The summed E-state index contributed by atoms with van der Waals surface area (Å²) in [6, 6.07) is 5.86. The molecule has 1 N–H and O–H groups in total. The fourth-order valence-electron chi connectivity index (χ4n) is 4.95. The smallest absolute Gasteiger partial charge is 0.251 e. The summed E-state index contributed by atoms with van der Waals surface area (Å²) in [7, 11) is 0. The van der Waals surface area contributed by atoms with Crippen molar-refractivity contribution in [1.29, 1.82) is 0 Å². The monoisotopic (exact) mass is 472 g/mol. The molecule has 0 spiro atoms. The van der Waals surface area contributed by atoms with Gasteiger partial charge in [-0.25, -0.2) is 0 Å². The largest absolute Gasteiger partial charge is 0.379 e. The van der Waals surface area contributed by atoms with Gasteiger partial charge in [-0.15, -0.1) is 0 Å². The van der Waals surface area contributed by atoms with Crippen LogP contribution in [0.25, 0.3) is 0 Å². The zero-order valence-electron chi connectivity index (χ0n) is 21.5. The van der Waals surface area contributed by atoms with E-state index in [9.17, 15) is 9.59 Å². The number of hydrogen-bond acceptors (Lipinski definition) is 5.